The first-order chi connectivity index (χ1) is 7.57. The van der Waals surface area contributed by atoms with Gasteiger partial charge in [-0.2, -0.15) is 5.10 Å². The first-order valence-corrected chi connectivity index (χ1v) is 6.09. The van der Waals surface area contributed by atoms with E-state index in [1.165, 1.54) is 12.8 Å². The topological polar surface area (TPSA) is 55.9 Å². The highest BCUT2D eigenvalue weighted by Gasteiger charge is 2.30. The van der Waals surface area contributed by atoms with Crippen molar-refractivity contribution >= 4 is 5.69 Å². The molecule has 4 nitrogen and oxygen atoms in total. The zero-order chi connectivity index (χ0) is 11.6. The molecular weight excluding hydrogens is 200 g/mol. The average molecular weight is 222 g/mol. The minimum absolute atomic E-state index is 0.0342. The van der Waals surface area contributed by atoms with Gasteiger partial charge in [-0.1, -0.05) is 19.8 Å². The van der Waals surface area contributed by atoms with E-state index < -0.39 is 0 Å². The maximum Gasteiger partial charge on any atom is 0.0727 e. The van der Waals surface area contributed by atoms with E-state index in [9.17, 15) is 0 Å². The second kappa shape index (κ2) is 4.45. The molecule has 90 valence electrons. The number of hydrogen-bond acceptors (Lipinski definition) is 3. The molecule has 16 heavy (non-hydrogen) atoms. The minimum Gasteiger partial charge on any atom is -0.381 e. The van der Waals surface area contributed by atoms with Crippen molar-refractivity contribution in [2.75, 3.05) is 11.9 Å². The number of nitrogens with zero attached hydrogens (tertiary/aromatic N) is 2. The number of anilines is 1. The molecule has 3 N–H and O–H groups in total. The monoisotopic (exact) mass is 222 g/mol. The van der Waals surface area contributed by atoms with E-state index in [1.807, 2.05) is 19.4 Å². The van der Waals surface area contributed by atoms with Crippen molar-refractivity contribution in [2.45, 2.75) is 38.1 Å². The number of aryl methyl sites for hydroxylation is 1. The molecule has 0 saturated heterocycles. The predicted octanol–water partition coefficient (Wildman–Crippen LogP) is 1.74. The van der Waals surface area contributed by atoms with Gasteiger partial charge in [-0.25, -0.2) is 0 Å². The van der Waals surface area contributed by atoms with Crippen molar-refractivity contribution in [3.63, 3.8) is 0 Å². The Morgan fingerprint density at radius 1 is 1.69 bits per heavy atom. The lowest BCUT2D eigenvalue weighted by Crippen LogP contribution is -2.49. The van der Waals surface area contributed by atoms with E-state index in [-0.39, 0.29) is 5.54 Å². The Hall–Kier alpha value is -1.03. The lowest BCUT2D eigenvalue weighted by atomic mass is 9.77. The molecule has 0 aliphatic heterocycles. The molecule has 0 amide bonds. The molecule has 0 bridgehead atoms. The molecule has 1 saturated carbocycles. The van der Waals surface area contributed by atoms with Gasteiger partial charge in [-0.3, -0.25) is 4.68 Å². The van der Waals surface area contributed by atoms with Crippen LogP contribution in [0.15, 0.2) is 12.4 Å². The summed E-state index contributed by atoms with van der Waals surface area (Å²) in [5, 5.41) is 7.52. The van der Waals surface area contributed by atoms with Crippen molar-refractivity contribution in [3.05, 3.63) is 12.4 Å². The zero-order valence-corrected chi connectivity index (χ0v) is 10.2. The second-order valence-electron chi connectivity index (χ2n) is 5.32. The summed E-state index contributed by atoms with van der Waals surface area (Å²) < 4.78 is 1.80. The number of nitrogens with one attached hydrogen (secondary N) is 1. The first-order valence-electron chi connectivity index (χ1n) is 6.09. The Kier molecular flexibility index (Phi) is 3.19. The van der Waals surface area contributed by atoms with Gasteiger partial charge in [0, 0.05) is 25.3 Å². The molecule has 0 spiro atoms. The van der Waals surface area contributed by atoms with Crippen LogP contribution < -0.4 is 11.1 Å². The fourth-order valence-corrected chi connectivity index (χ4v) is 2.65. The fraction of sp³-hybridized carbons (Fsp3) is 0.750. The minimum atomic E-state index is -0.0342. The van der Waals surface area contributed by atoms with Crippen LogP contribution in [0.5, 0.6) is 0 Å². The quantitative estimate of drug-likeness (QED) is 0.819. The molecule has 1 aliphatic carbocycles. The third-order valence-electron chi connectivity index (χ3n) is 3.48. The van der Waals surface area contributed by atoms with Gasteiger partial charge in [0.2, 0.25) is 0 Å². The van der Waals surface area contributed by atoms with Gasteiger partial charge in [-0.05, 0) is 18.8 Å². The zero-order valence-electron chi connectivity index (χ0n) is 10.2. The maximum atomic E-state index is 6.41. The van der Waals surface area contributed by atoms with E-state index in [0.29, 0.717) is 0 Å². The van der Waals surface area contributed by atoms with E-state index in [1.54, 1.807) is 4.68 Å². The number of nitrogens with two attached hydrogens (primary N) is 1. The number of rotatable bonds is 3. The van der Waals surface area contributed by atoms with Crippen molar-refractivity contribution in [3.8, 4) is 0 Å². The largest absolute Gasteiger partial charge is 0.381 e. The first kappa shape index (κ1) is 11.5. The molecular formula is C12H22N4. The van der Waals surface area contributed by atoms with E-state index >= 15 is 0 Å². The highest BCUT2D eigenvalue weighted by molar-refractivity contribution is 5.38. The summed E-state index contributed by atoms with van der Waals surface area (Å²) in [6.07, 6.45) is 8.66. The standard InChI is InChI=1S/C12H22N4/c1-10-4-3-5-12(13,6-10)9-14-11-7-15-16(2)8-11/h7-8,10,14H,3-6,9,13H2,1-2H3. The van der Waals surface area contributed by atoms with Crippen LogP contribution in [0.1, 0.15) is 32.6 Å². The second-order valence-corrected chi connectivity index (χ2v) is 5.32. The van der Waals surface area contributed by atoms with Crippen LogP contribution in [0.2, 0.25) is 0 Å². The van der Waals surface area contributed by atoms with Crippen molar-refractivity contribution < 1.29 is 0 Å². The van der Waals surface area contributed by atoms with Crippen molar-refractivity contribution in [1.29, 1.82) is 0 Å². The van der Waals surface area contributed by atoms with Gasteiger partial charge in [0.25, 0.3) is 0 Å². The highest BCUT2D eigenvalue weighted by Crippen LogP contribution is 2.30. The third kappa shape index (κ3) is 2.76. The molecule has 1 aromatic rings. The lowest BCUT2D eigenvalue weighted by molar-refractivity contribution is 0.248. The Morgan fingerprint density at radius 3 is 3.12 bits per heavy atom. The van der Waals surface area contributed by atoms with Crippen molar-refractivity contribution in [1.82, 2.24) is 9.78 Å². The normalized spacial score (nSPS) is 30.3. The van der Waals surface area contributed by atoms with Crippen LogP contribution in [0, 0.1) is 5.92 Å². The fourth-order valence-electron chi connectivity index (χ4n) is 2.65. The maximum absolute atomic E-state index is 6.41. The molecule has 4 heteroatoms. The number of hydrogen-bond donors (Lipinski definition) is 2. The van der Waals surface area contributed by atoms with Gasteiger partial charge < -0.3 is 11.1 Å². The molecule has 2 unspecified atom stereocenters. The summed E-state index contributed by atoms with van der Waals surface area (Å²) in [7, 11) is 1.92. The van der Waals surface area contributed by atoms with Crippen LogP contribution in [-0.4, -0.2) is 21.9 Å². The van der Waals surface area contributed by atoms with E-state index in [4.69, 9.17) is 5.73 Å². The van der Waals surface area contributed by atoms with E-state index in [0.717, 1.165) is 31.0 Å². The van der Waals surface area contributed by atoms with Gasteiger partial charge in [0.05, 0.1) is 11.9 Å². The Bertz CT molecular complexity index is 347. The molecule has 1 aromatic heterocycles. The average Bonchev–Trinajstić information content (AvgIpc) is 2.61. The van der Waals surface area contributed by atoms with Crippen LogP contribution in [-0.2, 0) is 7.05 Å². The summed E-state index contributed by atoms with van der Waals surface area (Å²) in [4.78, 5) is 0. The van der Waals surface area contributed by atoms with Crippen LogP contribution in [0.25, 0.3) is 0 Å². The molecule has 0 aromatic carbocycles. The smallest absolute Gasteiger partial charge is 0.0727 e. The van der Waals surface area contributed by atoms with E-state index in [2.05, 4.69) is 17.3 Å². The molecule has 2 rings (SSSR count). The predicted molar refractivity (Wildman–Crippen MR) is 66.2 cm³/mol. The number of aromatic nitrogens is 2. The molecule has 1 aliphatic rings. The molecule has 0 radical (unpaired) electrons. The summed E-state index contributed by atoms with van der Waals surface area (Å²) in [5.41, 5.74) is 7.44. The van der Waals surface area contributed by atoms with Crippen LogP contribution >= 0.6 is 0 Å². The Morgan fingerprint density at radius 2 is 2.50 bits per heavy atom. The van der Waals surface area contributed by atoms with Gasteiger partial charge >= 0.3 is 0 Å². The SMILES string of the molecule is CC1CCCC(N)(CNc2cnn(C)c2)C1. The molecule has 2 atom stereocenters. The Labute approximate surface area is 97.2 Å². The Balaban J connectivity index is 1.88. The molecule has 1 fully saturated rings. The summed E-state index contributed by atoms with van der Waals surface area (Å²) in [6.45, 7) is 3.15. The summed E-state index contributed by atoms with van der Waals surface area (Å²) >= 11 is 0. The van der Waals surface area contributed by atoms with Gasteiger partial charge in [0.1, 0.15) is 0 Å². The highest BCUT2D eigenvalue weighted by atomic mass is 15.3. The van der Waals surface area contributed by atoms with Crippen molar-refractivity contribution in [2.24, 2.45) is 18.7 Å². The van der Waals surface area contributed by atoms with Gasteiger partial charge in [0.15, 0.2) is 0 Å². The van der Waals surface area contributed by atoms with Crippen LogP contribution in [0.4, 0.5) is 5.69 Å². The third-order valence-corrected chi connectivity index (χ3v) is 3.48. The van der Waals surface area contributed by atoms with Gasteiger partial charge in [-0.15, -0.1) is 0 Å². The molecule has 1 heterocycles. The summed E-state index contributed by atoms with van der Waals surface area (Å²) in [6, 6.07) is 0. The summed E-state index contributed by atoms with van der Waals surface area (Å²) in [5.74, 6) is 0.759. The van der Waals surface area contributed by atoms with Crippen LogP contribution in [0.3, 0.4) is 0 Å². The lowest BCUT2D eigenvalue weighted by Gasteiger charge is -2.37.